The zero-order chi connectivity index (χ0) is 15.5. The first-order valence-corrected chi connectivity index (χ1v) is 8.62. The van der Waals surface area contributed by atoms with Crippen LogP contribution in [-0.2, 0) is 14.6 Å². The molecule has 1 amide bonds. The number of ether oxygens (including phenoxy) is 1. The normalized spacial score (nSPS) is 20.4. The van der Waals surface area contributed by atoms with Gasteiger partial charge >= 0.3 is 0 Å². The Morgan fingerprint density at radius 2 is 2.24 bits per heavy atom. The van der Waals surface area contributed by atoms with Gasteiger partial charge in [-0.1, -0.05) is 11.6 Å². The zero-order valence-electron chi connectivity index (χ0n) is 11.5. The molecule has 1 aromatic heterocycles. The summed E-state index contributed by atoms with van der Waals surface area (Å²) in [6.45, 7) is 0.628. The van der Waals surface area contributed by atoms with Gasteiger partial charge in [-0.2, -0.15) is 0 Å². The molecule has 0 saturated carbocycles. The van der Waals surface area contributed by atoms with Crippen LogP contribution in [-0.4, -0.2) is 67.2 Å². The van der Waals surface area contributed by atoms with Crippen molar-refractivity contribution in [3.63, 3.8) is 0 Å². The summed E-state index contributed by atoms with van der Waals surface area (Å²) in [6.07, 6.45) is 0.429. The van der Waals surface area contributed by atoms with Crippen LogP contribution in [0.4, 0.5) is 0 Å². The van der Waals surface area contributed by atoms with Gasteiger partial charge in [0.05, 0.1) is 18.1 Å². The van der Waals surface area contributed by atoms with Gasteiger partial charge in [0, 0.05) is 19.7 Å². The Balaban J connectivity index is 2.19. The first-order chi connectivity index (χ1) is 9.93. The Hall–Kier alpha value is -1.25. The number of halogens is 1. The fourth-order valence-corrected chi connectivity index (χ4v) is 4.07. The molecular formula is C12H16ClN3O4S. The van der Waals surface area contributed by atoms with Crippen molar-refractivity contribution in [2.75, 3.05) is 31.8 Å². The van der Waals surface area contributed by atoms with Crippen LogP contribution in [0.15, 0.2) is 12.1 Å². The molecule has 0 aromatic carbocycles. The van der Waals surface area contributed by atoms with Gasteiger partial charge < -0.3 is 9.64 Å². The third-order valence-electron chi connectivity index (χ3n) is 3.30. The van der Waals surface area contributed by atoms with E-state index in [1.54, 1.807) is 0 Å². The number of rotatable bonds is 5. The zero-order valence-corrected chi connectivity index (χ0v) is 13.1. The number of aromatic nitrogens is 2. The lowest BCUT2D eigenvalue weighted by Crippen LogP contribution is -2.43. The molecule has 116 valence electrons. The van der Waals surface area contributed by atoms with Crippen LogP contribution in [0.3, 0.4) is 0 Å². The summed E-state index contributed by atoms with van der Waals surface area (Å²) in [6, 6.07) is 2.60. The highest BCUT2D eigenvalue weighted by Gasteiger charge is 2.35. The Morgan fingerprint density at radius 1 is 1.48 bits per heavy atom. The van der Waals surface area contributed by atoms with Gasteiger partial charge in [0.15, 0.2) is 20.7 Å². The van der Waals surface area contributed by atoms with E-state index in [-0.39, 0.29) is 34.3 Å². The highest BCUT2D eigenvalue weighted by Crippen LogP contribution is 2.19. The summed E-state index contributed by atoms with van der Waals surface area (Å²) in [5.41, 5.74) is 0.139. The number of hydrogen-bond acceptors (Lipinski definition) is 6. The Morgan fingerprint density at radius 3 is 2.76 bits per heavy atom. The fourth-order valence-electron chi connectivity index (χ4n) is 2.24. The van der Waals surface area contributed by atoms with Crippen molar-refractivity contribution in [3.05, 3.63) is 23.0 Å². The van der Waals surface area contributed by atoms with E-state index in [2.05, 4.69) is 10.2 Å². The molecule has 21 heavy (non-hydrogen) atoms. The van der Waals surface area contributed by atoms with Crippen molar-refractivity contribution in [2.45, 2.75) is 12.5 Å². The Bertz CT molecular complexity index is 605. The molecule has 1 atom stereocenters. The lowest BCUT2D eigenvalue weighted by atomic mass is 10.2. The molecule has 1 unspecified atom stereocenters. The van der Waals surface area contributed by atoms with Crippen LogP contribution in [0.5, 0.6) is 0 Å². The number of sulfone groups is 1. The molecule has 2 rings (SSSR count). The highest BCUT2D eigenvalue weighted by molar-refractivity contribution is 7.91. The van der Waals surface area contributed by atoms with E-state index >= 15 is 0 Å². The van der Waals surface area contributed by atoms with Gasteiger partial charge in [-0.15, -0.1) is 10.2 Å². The van der Waals surface area contributed by atoms with Crippen LogP contribution in [0.25, 0.3) is 0 Å². The van der Waals surface area contributed by atoms with E-state index in [0.717, 1.165) is 0 Å². The second kappa shape index (κ2) is 6.67. The number of carbonyl (C=O) groups is 1. The molecule has 0 N–H and O–H groups in total. The molecule has 7 nitrogen and oxygen atoms in total. The van der Waals surface area contributed by atoms with Gasteiger partial charge in [-0.25, -0.2) is 8.42 Å². The molecule has 1 aliphatic heterocycles. The van der Waals surface area contributed by atoms with E-state index < -0.39 is 9.84 Å². The molecule has 9 heteroatoms. The number of nitrogens with zero attached hydrogens (tertiary/aromatic N) is 3. The Kier molecular flexibility index (Phi) is 5.13. The smallest absolute Gasteiger partial charge is 0.274 e. The maximum absolute atomic E-state index is 12.5. The quantitative estimate of drug-likeness (QED) is 0.775. The number of methoxy groups -OCH3 is 1. The summed E-state index contributed by atoms with van der Waals surface area (Å²) in [5, 5.41) is 7.58. The van der Waals surface area contributed by atoms with Crippen LogP contribution < -0.4 is 0 Å². The largest absolute Gasteiger partial charge is 0.383 e. The number of amides is 1. The molecule has 1 aromatic rings. The summed E-state index contributed by atoms with van der Waals surface area (Å²) in [7, 11) is -1.56. The lowest BCUT2D eigenvalue weighted by molar-refractivity contribution is 0.0617. The summed E-state index contributed by atoms with van der Waals surface area (Å²) < 4.78 is 28.2. The average Bonchev–Trinajstić information content (AvgIpc) is 2.80. The average molecular weight is 334 g/mol. The van der Waals surface area contributed by atoms with Crippen LogP contribution in [0.2, 0.25) is 5.15 Å². The summed E-state index contributed by atoms with van der Waals surface area (Å²) >= 11 is 5.65. The molecular weight excluding hydrogens is 318 g/mol. The van der Waals surface area contributed by atoms with Gasteiger partial charge in [0.25, 0.3) is 5.91 Å². The van der Waals surface area contributed by atoms with E-state index in [1.165, 1.54) is 24.1 Å². The molecule has 2 heterocycles. The predicted octanol–water partition coefficient (Wildman–Crippen LogP) is 0.406. The first kappa shape index (κ1) is 16.1. The van der Waals surface area contributed by atoms with E-state index in [1.807, 2.05) is 0 Å². The van der Waals surface area contributed by atoms with Crippen molar-refractivity contribution in [1.29, 1.82) is 0 Å². The standard InChI is InChI=1S/C12H16ClN3O4S/c1-20-6-5-16(9-4-7-21(18,19)8-9)12(17)10-2-3-11(13)15-14-10/h2-3,9H,4-8H2,1H3. The Labute approximate surface area is 128 Å². The summed E-state index contributed by atoms with van der Waals surface area (Å²) in [4.78, 5) is 14.0. The van der Waals surface area contributed by atoms with E-state index in [9.17, 15) is 13.2 Å². The SMILES string of the molecule is COCCN(C(=O)c1ccc(Cl)nn1)C1CCS(=O)(=O)C1. The van der Waals surface area contributed by atoms with Crippen LogP contribution >= 0.6 is 11.6 Å². The van der Waals surface area contributed by atoms with Crippen molar-refractivity contribution in [3.8, 4) is 0 Å². The monoisotopic (exact) mass is 333 g/mol. The topological polar surface area (TPSA) is 89.5 Å². The second-order valence-electron chi connectivity index (χ2n) is 4.79. The van der Waals surface area contributed by atoms with Crippen molar-refractivity contribution in [1.82, 2.24) is 15.1 Å². The molecule has 0 aliphatic carbocycles. The minimum atomic E-state index is -3.08. The minimum absolute atomic E-state index is 0.0243. The van der Waals surface area contributed by atoms with Crippen molar-refractivity contribution < 1.29 is 17.9 Å². The van der Waals surface area contributed by atoms with Crippen LogP contribution in [0.1, 0.15) is 16.9 Å². The predicted molar refractivity (Wildman–Crippen MR) is 77.0 cm³/mol. The first-order valence-electron chi connectivity index (χ1n) is 6.42. The van der Waals surface area contributed by atoms with Crippen molar-refractivity contribution in [2.24, 2.45) is 0 Å². The lowest BCUT2D eigenvalue weighted by Gasteiger charge is -2.27. The van der Waals surface area contributed by atoms with Crippen LogP contribution in [0, 0.1) is 0 Å². The molecule has 1 saturated heterocycles. The van der Waals surface area contributed by atoms with Gasteiger partial charge in [-0.3, -0.25) is 4.79 Å². The second-order valence-corrected chi connectivity index (χ2v) is 7.41. The molecule has 1 fully saturated rings. The number of hydrogen-bond donors (Lipinski definition) is 0. The molecule has 0 bridgehead atoms. The van der Waals surface area contributed by atoms with Gasteiger partial charge in [0.1, 0.15) is 0 Å². The van der Waals surface area contributed by atoms with E-state index in [0.29, 0.717) is 19.6 Å². The van der Waals surface area contributed by atoms with Gasteiger partial charge in [0.2, 0.25) is 0 Å². The van der Waals surface area contributed by atoms with Crippen molar-refractivity contribution >= 4 is 27.3 Å². The maximum Gasteiger partial charge on any atom is 0.274 e. The third kappa shape index (κ3) is 4.12. The summed E-state index contributed by atoms with van der Waals surface area (Å²) in [5.74, 6) is -0.289. The minimum Gasteiger partial charge on any atom is -0.383 e. The molecule has 0 spiro atoms. The fraction of sp³-hybridized carbons (Fsp3) is 0.583. The van der Waals surface area contributed by atoms with Gasteiger partial charge in [-0.05, 0) is 18.6 Å². The molecule has 1 aliphatic rings. The molecule has 0 radical (unpaired) electrons. The maximum atomic E-state index is 12.5. The third-order valence-corrected chi connectivity index (χ3v) is 5.25. The number of carbonyl (C=O) groups excluding carboxylic acids is 1. The van der Waals surface area contributed by atoms with E-state index in [4.69, 9.17) is 16.3 Å². The highest BCUT2D eigenvalue weighted by atomic mass is 35.5.